The fourth-order valence-electron chi connectivity index (χ4n) is 2.37. The van der Waals surface area contributed by atoms with Crippen LogP contribution in [0.1, 0.15) is 45.7 Å². The van der Waals surface area contributed by atoms with Gasteiger partial charge in [0.05, 0.1) is 12.1 Å². The molecule has 0 bridgehead atoms. The van der Waals surface area contributed by atoms with E-state index < -0.39 is 30.0 Å². The number of hydrogen-bond donors (Lipinski definition) is 3. The van der Waals surface area contributed by atoms with E-state index in [9.17, 15) is 18.0 Å². The molecule has 0 unspecified atom stereocenters. The zero-order valence-electron chi connectivity index (χ0n) is 18.9. The summed E-state index contributed by atoms with van der Waals surface area (Å²) < 4.78 is 46.3. The summed E-state index contributed by atoms with van der Waals surface area (Å²) >= 11 is 0. The summed E-state index contributed by atoms with van der Waals surface area (Å²) in [6, 6.07) is 7.05. The van der Waals surface area contributed by atoms with Crippen LogP contribution in [0.2, 0.25) is 0 Å². The largest absolute Gasteiger partial charge is 0.444 e. The summed E-state index contributed by atoms with van der Waals surface area (Å²) in [5.74, 6) is 0.539. The molecule has 0 spiro atoms. The van der Waals surface area contributed by atoms with Crippen LogP contribution in [-0.4, -0.2) is 49.6 Å². The van der Waals surface area contributed by atoms with Crippen molar-refractivity contribution in [1.82, 2.24) is 16.0 Å². The van der Waals surface area contributed by atoms with E-state index in [1.807, 2.05) is 13.8 Å². The SMILES string of the molecule is CN=C(NCc1ccc(COCC(F)(F)F)cc1)NCC(C)(C)NC(=O)OC(C)(C)C. The highest BCUT2D eigenvalue weighted by Gasteiger charge is 2.27. The molecule has 1 amide bonds. The topological polar surface area (TPSA) is 84.0 Å². The van der Waals surface area contributed by atoms with Gasteiger partial charge in [0.25, 0.3) is 0 Å². The number of carbonyl (C=O) groups is 1. The first-order valence-corrected chi connectivity index (χ1v) is 9.87. The molecule has 0 aromatic heterocycles. The molecule has 0 radical (unpaired) electrons. The smallest absolute Gasteiger partial charge is 0.411 e. The van der Waals surface area contributed by atoms with Crippen molar-refractivity contribution in [3.63, 3.8) is 0 Å². The molecule has 0 aliphatic carbocycles. The Balaban J connectivity index is 2.45. The number of rotatable bonds is 8. The third-order valence-corrected chi connectivity index (χ3v) is 3.78. The molecule has 7 nitrogen and oxygen atoms in total. The van der Waals surface area contributed by atoms with Gasteiger partial charge in [0.15, 0.2) is 5.96 Å². The van der Waals surface area contributed by atoms with E-state index in [0.717, 1.165) is 5.56 Å². The lowest BCUT2D eigenvalue weighted by Crippen LogP contribution is -2.54. The first-order valence-electron chi connectivity index (χ1n) is 9.87. The number of aliphatic imine (C=N–C) groups is 1. The number of nitrogens with one attached hydrogen (secondary N) is 3. The van der Waals surface area contributed by atoms with Crippen LogP contribution in [0.25, 0.3) is 0 Å². The van der Waals surface area contributed by atoms with E-state index in [0.29, 0.717) is 24.6 Å². The van der Waals surface area contributed by atoms with E-state index in [1.54, 1.807) is 52.1 Å². The van der Waals surface area contributed by atoms with Gasteiger partial charge in [0.1, 0.15) is 12.2 Å². The molecule has 0 aliphatic heterocycles. The zero-order chi connectivity index (χ0) is 23.7. The van der Waals surface area contributed by atoms with E-state index >= 15 is 0 Å². The second kappa shape index (κ2) is 11.2. The van der Waals surface area contributed by atoms with Crippen LogP contribution < -0.4 is 16.0 Å². The minimum atomic E-state index is -4.33. The third kappa shape index (κ3) is 12.7. The standard InChI is InChI=1S/C21H33F3N4O3/c1-19(2,3)31-18(29)28-20(4,5)13-27-17(25-6)26-11-15-7-9-16(10-8-15)12-30-14-21(22,23)24/h7-10H,11-14H2,1-6H3,(H,28,29)(H2,25,26,27). The molecule has 3 N–H and O–H groups in total. The fraction of sp³-hybridized carbons (Fsp3) is 0.619. The van der Waals surface area contributed by atoms with Gasteiger partial charge in [-0.2, -0.15) is 13.2 Å². The lowest BCUT2D eigenvalue weighted by atomic mass is 10.1. The van der Waals surface area contributed by atoms with E-state index in [1.165, 1.54) is 0 Å². The Morgan fingerprint density at radius 3 is 2.10 bits per heavy atom. The van der Waals surface area contributed by atoms with Gasteiger partial charge in [0.2, 0.25) is 0 Å². The summed E-state index contributed by atoms with van der Waals surface area (Å²) in [6.45, 7) is 8.61. The second-order valence-electron chi connectivity index (χ2n) is 8.71. The van der Waals surface area contributed by atoms with Gasteiger partial charge >= 0.3 is 12.3 Å². The van der Waals surface area contributed by atoms with Crippen molar-refractivity contribution in [1.29, 1.82) is 0 Å². The van der Waals surface area contributed by atoms with Gasteiger partial charge in [-0.15, -0.1) is 0 Å². The van der Waals surface area contributed by atoms with Gasteiger partial charge in [-0.1, -0.05) is 24.3 Å². The molecule has 0 saturated heterocycles. The highest BCUT2D eigenvalue weighted by molar-refractivity contribution is 5.79. The lowest BCUT2D eigenvalue weighted by molar-refractivity contribution is -0.176. The number of halogens is 3. The average Bonchev–Trinajstić information content (AvgIpc) is 2.59. The maximum absolute atomic E-state index is 12.1. The maximum Gasteiger partial charge on any atom is 0.411 e. The molecule has 1 aromatic rings. The Bertz CT molecular complexity index is 727. The van der Waals surface area contributed by atoms with Crippen molar-refractivity contribution in [3.05, 3.63) is 35.4 Å². The number of nitrogens with zero attached hydrogens (tertiary/aromatic N) is 1. The fourth-order valence-corrected chi connectivity index (χ4v) is 2.37. The van der Waals surface area contributed by atoms with E-state index in [4.69, 9.17) is 4.74 Å². The normalized spacial score (nSPS) is 13.0. The van der Waals surface area contributed by atoms with Crippen molar-refractivity contribution in [2.24, 2.45) is 4.99 Å². The number of ether oxygens (including phenoxy) is 2. The molecule has 0 heterocycles. The Morgan fingerprint density at radius 1 is 1.00 bits per heavy atom. The Labute approximate surface area is 181 Å². The third-order valence-electron chi connectivity index (χ3n) is 3.78. The van der Waals surface area contributed by atoms with Gasteiger partial charge in [0, 0.05) is 20.1 Å². The van der Waals surface area contributed by atoms with Crippen LogP contribution >= 0.6 is 0 Å². The Hall–Kier alpha value is -2.49. The highest BCUT2D eigenvalue weighted by Crippen LogP contribution is 2.16. The minimum absolute atomic E-state index is 0.101. The number of carbonyl (C=O) groups excluding carboxylic acids is 1. The van der Waals surface area contributed by atoms with Crippen LogP contribution in [-0.2, 0) is 22.6 Å². The molecule has 176 valence electrons. The van der Waals surface area contributed by atoms with Crippen LogP contribution in [0.3, 0.4) is 0 Å². The molecule has 1 rings (SSSR count). The predicted molar refractivity (Wildman–Crippen MR) is 114 cm³/mol. The summed E-state index contributed by atoms with van der Waals surface area (Å²) in [5, 5.41) is 9.10. The summed E-state index contributed by atoms with van der Waals surface area (Å²) in [4.78, 5) is 16.1. The first kappa shape index (κ1) is 26.5. The lowest BCUT2D eigenvalue weighted by Gasteiger charge is -2.29. The van der Waals surface area contributed by atoms with Crippen LogP contribution in [0.5, 0.6) is 0 Å². The Morgan fingerprint density at radius 2 is 1.58 bits per heavy atom. The molecule has 31 heavy (non-hydrogen) atoms. The number of guanidine groups is 1. The number of hydrogen-bond acceptors (Lipinski definition) is 4. The monoisotopic (exact) mass is 446 g/mol. The molecular weight excluding hydrogens is 413 g/mol. The number of benzene rings is 1. The highest BCUT2D eigenvalue weighted by atomic mass is 19.4. The number of amides is 1. The van der Waals surface area contributed by atoms with Gasteiger partial charge in [-0.3, -0.25) is 4.99 Å². The molecule has 0 atom stereocenters. The first-order chi connectivity index (χ1) is 14.2. The van der Waals surface area contributed by atoms with Gasteiger partial charge in [-0.05, 0) is 45.7 Å². The molecular formula is C21H33F3N4O3. The van der Waals surface area contributed by atoms with E-state index in [-0.39, 0.29) is 6.61 Å². The summed E-state index contributed by atoms with van der Waals surface area (Å²) in [6.07, 6.45) is -4.83. The van der Waals surface area contributed by atoms with Crippen molar-refractivity contribution < 1.29 is 27.4 Å². The molecule has 0 saturated carbocycles. The van der Waals surface area contributed by atoms with Crippen LogP contribution in [0, 0.1) is 0 Å². The molecule has 0 fully saturated rings. The van der Waals surface area contributed by atoms with Crippen molar-refractivity contribution in [3.8, 4) is 0 Å². The minimum Gasteiger partial charge on any atom is -0.444 e. The molecule has 0 aliphatic rings. The van der Waals surface area contributed by atoms with E-state index in [2.05, 4.69) is 25.7 Å². The zero-order valence-corrected chi connectivity index (χ0v) is 18.9. The van der Waals surface area contributed by atoms with Gasteiger partial charge in [-0.25, -0.2) is 4.79 Å². The average molecular weight is 447 g/mol. The second-order valence-corrected chi connectivity index (χ2v) is 8.71. The van der Waals surface area contributed by atoms with Crippen molar-refractivity contribution in [2.75, 3.05) is 20.2 Å². The van der Waals surface area contributed by atoms with Crippen LogP contribution in [0.4, 0.5) is 18.0 Å². The predicted octanol–water partition coefficient (Wildman–Crippen LogP) is 3.73. The maximum atomic E-state index is 12.1. The molecule has 1 aromatic carbocycles. The quantitative estimate of drug-likeness (QED) is 0.419. The number of alkyl carbamates (subject to hydrolysis) is 1. The van der Waals surface area contributed by atoms with Gasteiger partial charge < -0.3 is 25.4 Å². The molecule has 10 heteroatoms. The van der Waals surface area contributed by atoms with Crippen molar-refractivity contribution in [2.45, 2.75) is 65.1 Å². The van der Waals surface area contributed by atoms with Crippen molar-refractivity contribution >= 4 is 12.1 Å². The summed E-state index contributed by atoms with van der Waals surface area (Å²) in [7, 11) is 1.63. The van der Waals surface area contributed by atoms with Crippen LogP contribution in [0.15, 0.2) is 29.3 Å². The number of alkyl halides is 3. The summed E-state index contributed by atoms with van der Waals surface area (Å²) in [5.41, 5.74) is 0.419. The Kier molecular flexibility index (Phi) is 9.61.